The van der Waals surface area contributed by atoms with E-state index in [-0.39, 0.29) is 37.3 Å². The summed E-state index contributed by atoms with van der Waals surface area (Å²) in [5.74, 6) is -0.849. The molecule has 2 aromatic rings. The fraction of sp³-hybridized carbons (Fsp3) is 0.391. The van der Waals surface area contributed by atoms with Crippen molar-refractivity contribution in [1.29, 1.82) is 0 Å². The molecule has 6 nitrogen and oxygen atoms in total. The number of ether oxygens (including phenoxy) is 4. The SMILES string of the molecule is CC(=O)OC1CO[C@H](COC(=O)c2ccccc2)C1CCOCc1ccccc1. The molecule has 0 bridgehead atoms. The van der Waals surface area contributed by atoms with Crippen LogP contribution in [0.1, 0.15) is 29.3 Å². The first-order valence-corrected chi connectivity index (χ1v) is 9.76. The summed E-state index contributed by atoms with van der Waals surface area (Å²) in [5, 5.41) is 0. The average molecular weight is 398 g/mol. The van der Waals surface area contributed by atoms with Crippen LogP contribution in [0.15, 0.2) is 60.7 Å². The van der Waals surface area contributed by atoms with Gasteiger partial charge in [0.1, 0.15) is 12.7 Å². The summed E-state index contributed by atoms with van der Waals surface area (Å²) in [4.78, 5) is 23.6. The van der Waals surface area contributed by atoms with E-state index in [0.717, 1.165) is 5.56 Å². The lowest BCUT2D eigenvalue weighted by Gasteiger charge is -2.22. The second-order valence-electron chi connectivity index (χ2n) is 6.97. The predicted octanol–water partition coefficient (Wildman–Crippen LogP) is 3.40. The summed E-state index contributed by atoms with van der Waals surface area (Å²) in [7, 11) is 0. The Hall–Kier alpha value is -2.70. The average Bonchev–Trinajstić information content (AvgIpc) is 3.11. The highest BCUT2D eigenvalue weighted by atomic mass is 16.6. The van der Waals surface area contributed by atoms with Gasteiger partial charge >= 0.3 is 11.9 Å². The molecule has 0 saturated carbocycles. The van der Waals surface area contributed by atoms with Crippen LogP contribution in [0.5, 0.6) is 0 Å². The third-order valence-electron chi connectivity index (χ3n) is 4.84. The molecule has 0 radical (unpaired) electrons. The van der Waals surface area contributed by atoms with Crippen LogP contribution in [-0.4, -0.2) is 44.0 Å². The topological polar surface area (TPSA) is 71.1 Å². The minimum atomic E-state index is -0.399. The molecule has 3 rings (SSSR count). The smallest absolute Gasteiger partial charge is 0.338 e. The van der Waals surface area contributed by atoms with Gasteiger partial charge in [-0.1, -0.05) is 48.5 Å². The van der Waals surface area contributed by atoms with Crippen molar-refractivity contribution < 1.29 is 28.5 Å². The molecule has 0 aliphatic carbocycles. The molecule has 1 fully saturated rings. The van der Waals surface area contributed by atoms with E-state index in [2.05, 4.69) is 0 Å². The maximum Gasteiger partial charge on any atom is 0.338 e. The van der Waals surface area contributed by atoms with Crippen LogP contribution in [0.3, 0.4) is 0 Å². The summed E-state index contributed by atoms with van der Waals surface area (Å²) in [5.41, 5.74) is 1.59. The lowest BCUT2D eigenvalue weighted by atomic mass is 9.96. The van der Waals surface area contributed by atoms with Crippen molar-refractivity contribution in [3.8, 4) is 0 Å². The standard InChI is InChI=1S/C23H26O6/c1-17(24)29-22-16-27-21(15-28-23(25)19-10-6-3-7-11-19)20(22)12-13-26-14-18-8-4-2-5-9-18/h2-11,20-22H,12-16H2,1H3/t20?,21-,22?/m1/s1. The highest BCUT2D eigenvalue weighted by Crippen LogP contribution is 2.28. The number of hydrogen-bond acceptors (Lipinski definition) is 6. The van der Waals surface area contributed by atoms with Gasteiger partial charge in [-0.25, -0.2) is 4.79 Å². The van der Waals surface area contributed by atoms with Crippen LogP contribution in [0.25, 0.3) is 0 Å². The molecule has 2 aromatic carbocycles. The molecule has 154 valence electrons. The molecule has 2 unspecified atom stereocenters. The van der Waals surface area contributed by atoms with E-state index in [1.807, 2.05) is 36.4 Å². The number of benzene rings is 2. The van der Waals surface area contributed by atoms with E-state index in [1.165, 1.54) is 6.92 Å². The summed E-state index contributed by atoms with van der Waals surface area (Å²) in [6.07, 6.45) is -0.0706. The van der Waals surface area contributed by atoms with E-state index in [0.29, 0.717) is 25.2 Å². The Morgan fingerprint density at radius 1 is 1.03 bits per heavy atom. The van der Waals surface area contributed by atoms with E-state index in [4.69, 9.17) is 18.9 Å². The Morgan fingerprint density at radius 2 is 1.72 bits per heavy atom. The molecule has 1 aliphatic rings. The molecule has 0 aromatic heterocycles. The van der Waals surface area contributed by atoms with Crippen molar-refractivity contribution >= 4 is 11.9 Å². The highest BCUT2D eigenvalue weighted by molar-refractivity contribution is 5.89. The number of carbonyl (C=O) groups excluding carboxylic acids is 2. The second kappa shape index (κ2) is 10.7. The van der Waals surface area contributed by atoms with Crippen LogP contribution in [0, 0.1) is 5.92 Å². The van der Waals surface area contributed by atoms with E-state index in [1.54, 1.807) is 24.3 Å². The molecule has 29 heavy (non-hydrogen) atoms. The molecular formula is C23H26O6. The first-order valence-electron chi connectivity index (χ1n) is 9.76. The molecule has 1 heterocycles. The number of rotatable bonds is 9. The molecule has 0 amide bonds. The third kappa shape index (κ3) is 6.41. The van der Waals surface area contributed by atoms with Crippen LogP contribution >= 0.6 is 0 Å². The predicted molar refractivity (Wildman–Crippen MR) is 106 cm³/mol. The van der Waals surface area contributed by atoms with Gasteiger partial charge in [0, 0.05) is 19.4 Å². The van der Waals surface area contributed by atoms with E-state index in [9.17, 15) is 9.59 Å². The molecule has 6 heteroatoms. The lowest BCUT2D eigenvalue weighted by Crippen LogP contribution is -2.32. The zero-order chi connectivity index (χ0) is 20.5. The minimum Gasteiger partial charge on any atom is -0.460 e. The molecular weight excluding hydrogens is 372 g/mol. The van der Waals surface area contributed by atoms with Crippen LogP contribution in [0.4, 0.5) is 0 Å². The maximum absolute atomic E-state index is 12.2. The molecule has 0 spiro atoms. The van der Waals surface area contributed by atoms with Crippen LogP contribution < -0.4 is 0 Å². The normalized spacial score (nSPS) is 20.9. The van der Waals surface area contributed by atoms with Crippen molar-refractivity contribution in [2.24, 2.45) is 5.92 Å². The molecule has 1 aliphatic heterocycles. The summed E-state index contributed by atoms with van der Waals surface area (Å²) >= 11 is 0. The molecule has 3 atom stereocenters. The van der Waals surface area contributed by atoms with Crippen molar-refractivity contribution in [3.63, 3.8) is 0 Å². The molecule has 0 N–H and O–H groups in total. The van der Waals surface area contributed by atoms with Gasteiger partial charge in [-0.3, -0.25) is 4.79 Å². The summed E-state index contributed by atoms with van der Waals surface area (Å²) in [6, 6.07) is 18.7. The van der Waals surface area contributed by atoms with Crippen molar-refractivity contribution in [3.05, 3.63) is 71.8 Å². The second-order valence-corrected chi connectivity index (χ2v) is 6.97. The fourth-order valence-corrected chi connectivity index (χ4v) is 3.38. The quantitative estimate of drug-likeness (QED) is 0.476. The van der Waals surface area contributed by atoms with Crippen LogP contribution in [-0.2, 0) is 30.3 Å². The van der Waals surface area contributed by atoms with Gasteiger partial charge in [0.15, 0.2) is 0 Å². The Morgan fingerprint density at radius 3 is 2.41 bits per heavy atom. The van der Waals surface area contributed by atoms with Crippen LogP contribution in [0.2, 0.25) is 0 Å². The van der Waals surface area contributed by atoms with Crippen molar-refractivity contribution in [1.82, 2.24) is 0 Å². The Balaban J connectivity index is 1.52. The van der Waals surface area contributed by atoms with Gasteiger partial charge in [0.2, 0.25) is 0 Å². The fourth-order valence-electron chi connectivity index (χ4n) is 3.38. The van der Waals surface area contributed by atoms with E-state index < -0.39 is 5.97 Å². The third-order valence-corrected chi connectivity index (χ3v) is 4.84. The van der Waals surface area contributed by atoms with E-state index >= 15 is 0 Å². The summed E-state index contributed by atoms with van der Waals surface area (Å²) in [6.45, 7) is 2.78. The maximum atomic E-state index is 12.2. The minimum absolute atomic E-state index is 0.0988. The van der Waals surface area contributed by atoms with Gasteiger partial charge in [-0.15, -0.1) is 0 Å². The lowest BCUT2D eigenvalue weighted by molar-refractivity contribution is -0.148. The van der Waals surface area contributed by atoms with Gasteiger partial charge in [-0.2, -0.15) is 0 Å². The van der Waals surface area contributed by atoms with Crippen molar-refractivity contribution in [2.75, 3.05) is 19.8 Å². The monoisotopic (exact) mass is 398 g/mol. The summed E-state index contributed by atoms with van der Waals surface area (Å²) < 4.78 is 22.4. The van der Waals surface area contributed by atoms with Crippen molar-refractivity contribution in [2.45, 2.75) is 32.2 Å². The first kappa shape index (κ1) is 21.0. The molecule has 1 saturated heterocycles. The zero-order valence-corrected chi connectivity index (χ0v) is 16.5. The van der Waals surface area contributed by atoms with Gasteiger partial charge in [0.05, 0.1) is 24.9 Å². The Kier molecular flexibility index (Phi) is 7.78. The zero-order valence-electron chi connectivity index (χ0n) is 16.5. The highest BCUT2D eigenvalue weighted by Gasteiger charge is 2.39. The Bertz CT molecular complexity index is 776. The van der Waals surface area contributed by atoms with Gasteiger partial charge < -0.3 is 18.9 Å². The Labute approximate surface area is 170 Å². The van der Waals surface area contributed by atoms with Gasteiger partial charge in [0.25, 0.3) is 0 Å². The number of esters is 2. The largest absolute Gasteiger partial charge is 0.460 e. The number of carbonyl (C=O) groups is 2. The first-order chi connectivity index (χ1) is 14.1. The number of hydrogen-bond donors (Lipinski definition) is 0. The van der Waals surface area contributed by atoms with Gasteiger partial charge in [-0.05, 0) is 24.1 Å².